The van der Waals surface area contributed by atoms with Crippen LogP contribution in [-0.2, 0) is 9.59 Å². The van der Waals surface area contributed by atoms with Crippen molar-refractivity contribution in [3.63, 3.8) is 0 Å². The molecule has 0 fully saturated rings. The molecule has 0 aromatic carbocycles. The van der Waals surface area contributed by atoms with Crippen LogP contribution in [0, 0.1) is 40.8 Å². The molecule has 0 saturated heterocycles. The summed E-state index contributed by atoms with van der Waals surface area (Å²) >= 11 is 0. The van der Waals surface area contributed by atoms with E-state index in [1.165, 1.54) is 0 Å². The number of aliphatic carboxylic acids is 2. The molecule has 0 radical (unpaired) electrons. The summed E-state index contributed by atoms with van der Waals surface area (Å²) < 4.78 is 0. The minimum absolute atomic E-state index is 0. The second kappa shape index (κ2) is 6.16. The molecule has 0 rings (SSSR count). The van der Waals surface area contributed by atoms with E-state index in [1.807, 2.05) is 0 Å². The van der Waals surface area contributed by atoms with Gasteiger partial charge in [0.1, 0.15) is 0 Å². The Bertz CT molecular complexity index is 124. The third-order valence-electron chi connectivity index (χ3n) is 0.368. The Hall–Kier alpha value is 0.0306. The first-order chi connectivity index (χ1) is 3.63. The first-order valence-electron chi connectivity index (χ1n) is 1.77. The van der Waals surface area contributed by atoms with Crippen LogP contribution in [0.3, 0.4) is 0 Å². The van der Waals surface area contributed by atoms with E-state index in [2.05, 4.69) is 0 Å². The molecule has 0 heterocycles. The predicted molar refractivity (Wildman–Crippen MR) is 24.4 cm³/mol. The molecule has 0 spiro atoms. The zero-order valence-corrected chi connectivity index (χ0v) is 7.57. The molecule has 2 N–H and O–H groups in total. The monoisotopic (exact) mass is 258 g/mol. The number of hydrogen-bond donors (Lipinski definition) is 2. The Balaban J connectivity index is 0. The molecule has 0 atom stereocenters. The summed E-state index contributed by atoms with van der Waals surface area (Å²) in [5.41, 5.74) is 0. The first kappa shape index (κ1) is 11.8. The molecular formula is C4H4NdO4. The Morgan fingerprint density at radius 2 is 1.22 bits per heavy atom. The molecule has 0 amide bonds. The minimum atomic E-state index is -1.26. The van der Waals surface area contributed by atoms with Crippen LogP contribution in [0.25, 0.3) is 0 Å². The standard InChI is InChI=1S/C4H4O4.Nd/c5-3(6)1-2-4(7)8;/h1-2H,(H,5,6)(H,7,8);. The molecule has 9 heavy (non-hydrogen) atoms. The summed E-state index contributed by atoms with van der Waals surface area (Å²) in [4.78, 5) is 19.1. The number of carboxylic acids is 2. The number of hydrogen-bond acceptors (Lipinski definition) is 2. The maximum atomic E-state index is 9.55. The van der Waals surface area contributed by atoms with Crippen LogP contribution in [0.2, 0.25) is 0 Å². The van der Waals surface area contributed by atoms with E-state index in [0.29, 0.717) is 12.2 Å². The van der Waals surface area contributed by atoms with Crippen molar-refractivity contribution in [2.45, 2.75) is 0 Å². The molecule has 0 unspecified atom stereocenters. The maximum Gasteiger partial charge on any atom is 0.328 e. The van der Waals surface area contributed by atoms with E-state index in [1.54, 1.807) is 0 Å². The van der Waals surface area contributed by atoms with Crippen molar-refractivity contribution < 1.29 is 60.6 Å². The van der Waals surface area contributed by atoms with Crippen LogP contribution in [-0.4, -0.2) is 22.2 Å². The third-order valence-corrected chi connectivity index (χ3v) is 0.368. The summed E-state index contributed by atoms with van der Waals surface area (Å²) in [5, 5.41) is 15.6. The Labute approximate surface area is 84.1 Å². The quantitative estimate of drug-likeness (QED) is 0.669. The van der Waals surface area contributed by atoms with Gasteiger partial charge in [-0.1, -0.05) is 0 Å². The first-order valence-corrected chi connectivity index (χ1v) is 1.77. The normalized spacial score (nSPS) is 8.44. The summed E-state index contributed by atoms with van der Waals surface area (Å²) in [6.07, 6.45) is 1.12. The van der Waals surface area contributed by atoms with Crippen LogP contribution < -0.4 is 0 Å². The van der Waals surface area contributed by atoms with Crippen molar-refractivity contribution in [1.29, 1.82) is 0 Å². The summed E-state index contributed by atoms with van der Waals surface area (Å²) in [7, 11) is 0. The summed E-state index contributed by atoms with van der Waals surface area (Å²) in [5.74, 6) is -2.51. The van der Waals surface area contributed by atoms with Crippen molar-refractivity contribution in [1.82, 2.24) is 0 Å². The topological polar surface area (TPSA) is 74.6 Å². The van der Waals surface area contributed by atoms with E-state index >= 15 is 0 Å². The van der Waals surface area contributed by atoms with E-state index in [-0.39, 0.29) is 40.8 Å². The second-order valence-corrected chi connectivity index (χ2v) is 1.01. The average Bonchev–Trinajstić information content (AvgIpc) is 1.61. The van der Waals surface area contributed by atoms with Gasteiger partial charge < -0.3 is 10.2 Å². The molecule has 0 bridgehead atoms. The van der Waals surface area contributed by atoms with Crippen molar-refractivity contribution in [2.75, 3.05) is 0 Å². The van der Waals surface area contributed by atoms with E-state index in [0.717, 1.165) is 0 Å². The maximum absolute atomic E-state index is 9.55. The van der Waals surface area contributed by atoms with Crippen LogP contribution in [0.4, 0.5) is 0 Å². The van der Waals surface area contributed by atoms with Crippen molar-refractivity contribution in [3.8, 4) is 0 Å². The van der Waals surface area contributed by atoms with Crippen molar-refractivity contribution >= 4 is 11.9 Å². The Kier molecular flexibility index (Phi) is 8.06. The fourth-order valence-electron chi connectivity index (χ4n) is 0.143. The molecule has 0 aliphatic heterocycles. The SMILES string of the molecule is O=C(O)C=CC(=O)O.[Nd]. The van der Waals surface area contributed by atoms with Crippen molar-refractivity contribution in [3.05, 3.63) is 12.2 Å². The minimum Gasteiger partial charge on any atom is -0.478 e. The number of carboxylic acid groups (broad SMARTS) is 2. The Morgan fingerprint density at radius 3 is 1.33 bits per heavy atom. The van der Waals surface area contributed by atoms with Gasteiger partial charge in [-0.2, -0.15) is 0 Å². The van der Waals surface area contributed by atoms with Gasteiger partial charge in [0.2, 0.25) is 0 Å². The van der Waals surface area contributed by atoms with E-state index < -0.39 is 11.9 Å². The zero-order chi connectivity index (χ0) is 6.57. The van der Waals surface area contributed by atoms with Gasteiger partial charge >= 0.3 is 11.9 Å². The third kappa shape index (κ3) is 11.5. The van der Waals surface area contributed by atoms with Crippen molar-refractivity contribution in [2.24, 2.45) is 0 Å². The molecule has 0 aliphatic carbocycles. The summed E-state index contributed by atoms with van der Waals surface area (Å²) in [6, 6.07) is 0. The fraction of sp³-hybridized carbons (Fsp3) is 0. The van der Waals surface area contributed by atoms with Gasteiger partial charge in [-0.25, -0.2) is 9.59 Å². The van der Waals surface area contributed by atoms with Gasteiger partial charge in [-0.15, -0.1) is 0 Å². The molecule has 0 aliphatic rings. The Morgan fingerprint density at radius 1 is 1.00 bits per heavy atom. The van der Waals surface area contributed by atoms with E-state index in [4.69, 9.17) is 10.2 Å². The van der Waals surface area contributed by atoms with Gasteiger partial charge in [0, 0.05) is 53.0 Å². The molecule has 5 heteroatoms. The summed E-state index contributed by atoms with van der Waals surface area (Å²) in [6.45, 7) is 0. The van der Waals surface area contributed by atoms with E-state index in [9.17, 15) is 9.59 Å². The predicted octanol–water partition coefficient (Wildman–Crippen LogP) is -0.288. The van der Waals surface area contributed by atoms with Crippen LogP contribution >= 0.6 is 0 Å². The van der Waals surface area contributed by atoms with Crippen LogP contribution in [0.15, 0.2) is 12.2 Å². The van der Waals surface area contributed by atoms with Gasteiger partial charge in [-0.05, 0) is 0 Å². The number of rotatable bonds is 2. The van der Waals surface area contributed by atoms with Gasteiger partial charge in [0.25, 0.3) is 0 Å². The zero-order valence-electron chi connectivity index (χ0n) is 4.37. The molecule has 0 aromatic heterocycles. The van der Waals surface area contributed by atoms with Crippen LogP contribution in [0.1, 0.15) is 0 Å². The smallest absolute Gasteiger partial charge is 0.328 e. The molecule has 0 aromatic rings. The average molecular weight is 260 g/mol. The molecular weight excluding hydrogens is 256 g/mol. The number of carbonyl (C=O) groups is 2. The van der Waals surface area contributed by atoms with Gasteiger partial charge in [-0.3, -0.25) is 0 Å². The molecule has 4 nitrogen and oxygen atoms in total. The van der Waals surface area contributed by atoms with Gasteiger partial charge in [0.15, 0.2) is 0 Å². The molecule has 0 saturated carbocycles. The fourth-order valence-corrected chi connectivity index (χ4v) is 0.143. The van der Waals surface area contributed by atoms with Crippen LogP contribution in [0.5, 0.6) is 0 Å². The second-order valence-electron chi connectivity index (χ2n) is 1.01. The molecule has 48 valence electrons. The largest absolute Gasteiger partial charge is 0.478 e. The van der Waals surface area contributed by atoms with Gasteiger partial charge in [0.05, 0.1) is 0 Å².